The standard InChI is InChI=1S/C44H37Cl2F3N4O8/c1-60-34-17-23(18-35(61-2)37(34)55)5-14-31-28-12-13-29-36(41(58)52(39(29)56)16-15-22-3-10-27(54)11-4-22)30(28)20-32-40(57)53(42(59)43(31,32)24-6-8-26(45)9-7-24)51-38-33(46)19-25(21-50-38)44(47,48)49/h3-12,14,17-19,21,29-32,36,54-55H,13,15-16,20H2,1-2H3,(H,50,51)/t29-,30+,31-,32-,36-,43-/m0/s1. The number of hydrazine groups is 1. The monoisotopic (exact) mass is 876 g/mol. The highest BCUT2D eigenvalue weighted by atomic mass is 35.5. The Morgan fingerprint density at radius 1 is 0.918 bits per heavy atom. The second-order valence-corrected chi connectivity index (χ2v) is 16.2. The van der Waals surface area contributed by atoms with Gasteiger partial charge in [0.05, 0.1) is 48.0 Å². The Balaban J connectivity index is 1.26. The van der Waals surface area contributed by atoms with Gasteiger partial charge >= 0.3 is 6.18 Å². The SMILES string of the molecule is COc1cc(C=C[C@H]2C3=CC[C@@H]4C(=O)N(CCc5ccc(O)cc5)C(=O)[C@@H]4[C@@H]3C[C@H]3C(=O)N(Nc4ncc(C(F)(F)F)cc4Cl)C(=O)[C@@]23c2ccc(Cl)cc2)cc(OC)c1O. The number of pyridine rings is 1. The predicted molar refractivity (Wildman–Crippen MR) is 216 cm³/mol. The maximum absolute atomic E-state index is 15.4. The molecule has 4 amide bonds. The van der Waals surface area contributed by atoms with Gasteiger partial charge in [-0.25, -0.2) is 4.98 Å². The number of allylic oxidation sites excluding steroid dienone is 3. The third-order valence-corrected chi connectivity index (χ3v) is 12.8. The summed E-state index contributed by atoms with van der Waals surface area (Å²) in [7, 11) is 2.74. The topological polar surface area (TPSA) is 159 Å². The van der Waals surface area contributed by atoms with Crippen molar-refractivity contribution >= 4 is 58.7 Å². The van der Waals surface area contributed by atoms with Crippen LogP contribution in [0, 0.1) is 29.6 Å². The van der Waals surface area contributed by atoms with Crippen molar-refractivity contribution in [1.82, 2.24) is 14.9 Å². The lowest BCUT2D eigenvalue weighted by Crippen LogP contribution is -2.54. The number of rotatable bonds is 10. The van der Waals surface area contributed by atoms with Crippen LogP contribution in [0.1, 0.15) is 35.1 Å². The molecule has 0 spiro atoms. The van der Waals surface area contributed by atoms with Crippen molar-refractivity contribution in [2.75, 3.05) is 26.2 Å². The van der Waals surface area contributed by atoms with Crippen molar-refractivity contribution < 1.29 is 52.0 Å². The number of hydrogen-bond acceptors (Lipinski definition) is 10. The van der Waals surface area contributed by atoms with E-state index in [4.69, 9.17) is 32.7 Å². The molecule has 316 valence electrons. The van der Waals surface area contributed by atoms with Crippen molar-refractivity contribution in [3.63, 3.8) is 0 Å². The number of hydrogen-bond donors (Lipinski definition) is 3. The number of ether oxygens (including phenoxy) is 2. The molecule has 4 aromatic rings. The van der Waals surface area contributed by atoms with Gasteiger partial charge in [0.25, 0.3) is 11.8 Å². The molecular weight excluding hydrogens is 840 g/mol. The van der Waals surface area contributed by atoms with Crippen molar-refractivity contribution in [3.05, 3.63) is 123 Å². The number of carbonyl (C=O) groups is 4. The minimum Gasteiger partial charge on any atom is -0.508 e. The zero-order valence-electron chi connectivity index (χ0n) is 32.5. The number of nitrogens with zero attached hydrogens (tertiary/aromatic N) is 3. The molecule has 1 saturated carbocycles. The summed E-state index contributed by atoms with van der Waals surface area (Å²) in [5, 5.41) is 20.9. The fourth-order valence-corrected chi connectivity index (χ4v) is 9.77. The molecule has 61 heavy (non-hydrogen) atoms. The number of anilines is 1. The first-order valence-corrected chi connectivity index (χ1v) is 19.9. The Morgan fingerprint density at radius 3 is 2.21 bits per heavy atom. The van der Waals surface area contributed by atoms with Crippen molar-refractivity contribution in [1.29, 1.82) is 0 Å². The molecule has 3 aromatic carbocycles. The van der Waals surface area contributed by atoms with Crippen LogP contribution >= 0.6 is 23.2 Å². The first kappa shape index (κ1) is 41.7. The van der Waals surface area contributed by atoms with E-state index < -0.39 is 69.5 Å². The molecule has 3 N–H and O–H groups in total. The Bertz CT molecular complexity index is 2490. The van der Waals surface area contributed by atoms with Crippen molar-refractivity contribution in [2.45, 2.75) is 30.9 Å². The third kappa shape index (κ3) is 7.02. The summed E-state index contributed by atoms with van der Waals surface area (Å²) >= 11 is 12.6. The number of carbonyl (C=O) groups excluding carboxylic acids is 4. The van der Waals surface area contributed by atoms with Gasteiger partial charge in [0.1, 0.15) is 5.75 Å². The van der Waals surface area contributed by atoms with E-state index >= 15 is 4.79 Å². The van der Waals surface area contributed by atoms with Crippen LogP contribution in [0.15, 0.2) is 90.7 Å². The van der Waals surface area contributed by atoms with Gasteiger partial charge in [-0.2, -0.15) is 18.2 Å². The number of halogens is 5. The first-order chi connectivity index (χ1) is 29.1. The number of methoxy groups -OCH3 is 2. The molecule has 2 aliphatic heterocycles. The molecule has 0 radical (unpaired) electrons. The zero-order valence-corrected chi connectivity index (χ0v) is 34.0. The highest BCUT2D eigenvalue weighted by molar-refractivity contribution is 6.33. The van der Waals surface area contributed by atoms with Crippen LogP contribution < -0.4 is 14.9 Å². The third-order valence-electron chi connectivity index (χ3n) is 12.3. The molecule has 6 atom stereocenters. The second-order valence-electron chi connectivity index (χ2n) is 15.3. The molecule has 8 rings (SSSR count). The highest BCUT2D eigenvalue weighted by Crippen LogP contribution is 2.61. The lowest BCUT2D eigenvalue weighted by molar-refractivity contribution is -0.141. The Kier molecular flexibility index (Phi) is 10.8. The quantitative estimate of drug-likeness (QED) is 0.107. The Morgan fingerprint density at radius 2 is 1.59 bits per heavy atom. The molecule has 4 aliphatic rings. The predicted octanol–water partition coefficient (Wildman–Crippen LogP) is 7.61. The summed E-state index contributed by atoms with van der Waals surface area (Å²) in [6.45, 7) is 0.0828. The maximum Gasteiger partial charge on any atom is 0.417 e. The van der Waals surface area contributed by atoms with E-state index in [1.165, 1.54) is 31.3 Å². The number of aromatic nitrogens is 1. The van der Waals surface area contributed by atoms with E-state index in [0.29, 0.717) is 40.4 Å². The number of aromatic hydroxyl groups is 2. The van der Waals surface area contributed by atoms with Gasteiger partial charge in [-0.3, -0.25) is 29.5 Å². The largest absolute Gasteiger partial charge is 0.508 e. The van der Waals surface area contributed by atoms with Crippen LogP contribution in [-0.2, 0) is 37.2 Å². The summed E-state index contributed by atoms with van der Waals surface area (Å²) in [5.41, 5.74) is 2.03. The number of amides is 4. The van der Waals surface area contributed by atoms with Gasteiger partial charge in [-0.15, -0.1) is 0 Å². The minimum absolute atomic E-state index is 0.0530. The summed E-state index contributed by atoms with van der Waals surface area (Å²) in [6, 6.07) is 16.6. The van der Waals surface area contributed by atoms with Crippen LogP contribution in [-0.4, -0.2) is 69.5 Å². The lowest BCUT2D eigenvalue weighted by atomic mass is 9.50. The molecule has 17 heteroatoms. The molecule has 0 bridgehead atoms. The van der Waals surface area contributed by atoms with Gasteiger partial charge in [0.15, 0.2) is 17.3 Å². The minimum atomic E-state index is -4.77. The first-order valence-electron chi connectivity index (χ1n) is 19.2. The molecule has 3 fully saturated rings. The van der Waals surface area contributed by atoms with Crippen LogP contribution in [0.3, 0.4) is 0 Å². The van der Waals surface area contributed by atoms with Crippen molar-refractivity contribution in [3.8, 4) is 23.0 Å². The number of fused-ring (bicyclic) bond motifs is 4. The fourth-order valence-electron chi connectivity index (χ4n) is 9.44. The smallest absolute Gasteiger partial charge is 0.417 e. The molecule has 3 heterocycles. The van der Waals surface area contributed by atoms with Crippen LogP contribution in [0.4, 0.5) is 19.0 Å². The average Bonchev–Trinajstić information content (AvgIpc) is 3.61. The summed E-state index contributed by atoms with van der Waals surface area (Å²) in [6.07, 6.45) is 1.48. The summed E-state index contributed by atoms with van der Waals surface area (Å²) < 4.78 is 51.4. The lowest BCUT2D eigenvalue weighted by Gasteiger charge is -2.49. The van der Waals surface area contributed by atoms with Gasteiger partial charge < -0.3 is 19.7 Å². The van der Waals surface area contributed by atoms with Gasteiger partial charge in [-0.05, 0) is 84.3 Å². The zero-order chi connectivity index (χ0) is 43.5. The van der Waals surface area contributed by atoms with Gasteiger partial charge in [0, 0.05) is 23.7 Å². The fraction of sp³-hybridized carbons (Fsp3) is 0.295. The maximum atomic E-state index is 15.4. The molecule has 12 nitrogen and oxygen atoms in total. The molecule has 1 aromatic heterocycles. The number of imide groups is 2. The number of alkyl halides is 3. The van der Waals surface area contributed by atoms with Crippen LogP contribution in [0.5, 0.6) is 23.0 Å². The molecule has 2 aliphatic carbocycles. The highest BCUT2D eigenvalue weighted by Gasteiger charge is 2.69. The van der Waals surface area contributed by atoms with E-state index in [0.717, 1.165) is 10.6 Å². The molecule has 0 unspecified atom stereocenters. The van der Waals surface area contributed by atoms with E-state index in [9.17, 15) is 37.8 Å². The van der Waals surface area contributed by atoms with Crippen LogP contribution in [0.2, 0.25) is 10.0 Å². The molecule has 2 saturated heterocycles. The summed E-state index contributed by atoms with van der Waals surface area (Å²) in [4.78, 5) is 63.8. The van der Waals surface area contributed by atoms with Crippen LogP contribution in [0.25, 0.3) is 6.08 Å². The Hall–Kier alpha value is -6.06. The number of nitrogens with one attached hydrogen (secondary N) is 1. The van der Waals surface area contributed by atoms with E-state index in [1.54, 1.807) is 60.7 Å². The van der Waals surface area contributed by atoms with Gasteiger partial charge in [-0.1, -0.05) is 71.3 Å². The van der Waals surface area contributed by atoms with E-state index in [-0.39, 0.29) is 54.1 Å². The normalized spacial score (nSPS) is 24.8. The Labute approximate surface area is 357 Å². The second kappa shape index (κ2) is 15.8. The van der Waals surface area contributed by atoms with Gasteiger partial charge in [0.2, 0.25) is 17.6 Å². The number of phenols is 2. The van der Waals surface area contributed by atoms with E-state index in [1.807, 2.05) is 6.08 Å². The number of phenolic OH excluding ortho intramolecular Hbond substituents is 2. The number of likely N-dealkylation sites (tertiary alicyclic amines) is 1. The van der Waals surface area contributed by atoms with E-state index in [2.05, 4.69) is 10.4 Å². The van der Waals surface area contributed by atoms with Crippen molar-refractivity contribution in [2.24, 2.45) is 29.6 Å². The number of benzene rings is 3. The summed E-state index contributed by atoms with van der Waals surface area (Å²) in [5.74, 6) is -7.15. The molecular formula is C44H37Cl2F3N4O8. The average molecular weight is 878 g/mol.